The molecule has 1 aliphatic heterocycles. The SMILES string of the molecule is CN(Cc1cccc2ccccc12)CC1CCN(C(=O)Nc2ccccc2)CC1. The van der Waals surface area contributed by atoms with Crippen molar-refractivity contribution in [1.82, 2.24) is 9.80 Å². The zero-order valence-electron chi connectivity index (χ0n) is 17.1. The molecule has 1 aliphatic rings. The topological polar surface area (TPSA) is 35.6 Å². The molecular weight excluding hydrogens is 358 g/mol. The smallest absolute Gasteiger partial charge is 0.321 e. The molecule has 0 atom stereocenters. The Labute approximate surface area is 173 Å². The van der Waals surface area contributed by atoms with Crippen molar-refractivity contribution >= 4 is 22.5 Å². The second kappa shape index (κ2) is 9.10. The van der Waals surface area contributed by atoms with Gasteiger partial charge in [0.2, 0.25) is 0 Å². The number of para-hydroxylation sites is 1. The summed E-state index contributed by atoms with van der Waals surface area (Å²) in [4.78, 5) is 16.8. The highest BCUT2D eigenvalue weighted by Crippen LogP contribution is 2.22. The van der Waals surface area contributed by atoms with Gasteiger partial charge in [-0.3, -0.25) is 0 Å². The number of nitrogens with zero attached hydrogens (tertiary/aromatic N) is 2. The Morgan fingerprint density at radius 3 is 2.45 bits per heavy atom. The number of piperidine rings is 1. The van der Waals surface area contributed by atoms with Crippen molar-refractivity contribution in [3.63, 3.8) is 0 Å². The van der Waals surface area contributed by atoms with Crippen LogP contribution in [0.15, 0.2) is 72.8 Å². The predicted octanol–water partition coefficient (Wildman–Crippen LogP) is 5.22. The minimum absolute atomic E-state index is 0.0127. The quantitative estimate of drug-likeness (QED) is 0.652. The van der Waals surface area contributed by atoms with Crippen molar-refractivity contribution in [1.29, 1.82) is 0 Å². The summed E-state index contributed by atoms with van der Waals surface area (Å²) in [5.74, 6) is 0.635. The summed E-state index contributed by atoms with van der Waals surface area (Å²) in [5.41, 5.74) is 2.24. The molecule has 0 unspecified atom stereocenters. The first kappa shape index (κ1) is 19.5. The first-order chi connectivity index (χ1) is 14.2. The molecule has 4 rings (SSSR count). The fraction of sp³-hybridized carbons (Fsp3) is 0.320. The van der Waals surface area contributed by atoms with Crippen LogP contribution in [0.1, 0.15) is 18.4 Å². The third kappa shape index (κ3) is 4.96. The zero-order chi connectivity index (χ0) is 20.1. The van der Waals surface area contributed by atoms with Gasteiger partial charge in [-0.25, -0.2) is 4.79 Å². The van der Waals surface area contributed by atoms with Crippen LogP contribution in [0.2, 0.25) is 0 Å². The van der Waals surface area contributed by atoms with E-state index in [-0.39, 0.29) is 6.03 Å². The van der Waals surface area contributed by atoms with Crippen LogP contribution in [0.4, 0.5) is 10.5 Å². The molecule has 0 bridgehead atoms. The molecule has 3 aromatic carbocycles. The molecule has 4 nitrogen and oxygen atoms in total. The molecule has 150 valence electrons. The van der Waals surface area contributed by atoms with E-state index in [1.165, 1.54) is 16.3 Å². The van der Waals surface area contributed by atoms with E-state index in [4.69, 9.17) is 0 Å². The summed E-state index contributed by atoms with van der Waals surface area (Å²) in [6, 6.07) is 24.8. The minimum Gasteiger partial charge on any atom is -0.325 e. The average molecular weight is 388 g/mol. The zero-order valence-corrected chi connectivity index (χ0v) is 17.1. The summed E-state index contributed by atoms with van der Waals surface area (Å²) in [7, 11) is 2.20. The normalized spacial score (nSPS) is 15.0. The molecule has 0 radical (unpaired) electrons. The van der Waals surface area contributed by atoms with Gasteiger partial charge in [-0.1, -0.05) is 60.7 Å². The van der Waals surface area contributed by atoms with Crippen molar-refractivity contribution in [3.05, 3.63) is 78.4 Å². The van der Waals surface area contributed by atoms with Crippen molar-refractivity contribution in [2.45, 2.75) is 19.4 Å². The van der Waals surface area contributed by atoms with Gasteiger partial charge >= 0.3 is 6.03 Å². The largest absolute Gasteiger partial charge is 0.325 e. The van der Waals surface area contributed by atoms with Crippen molar-refractivity contribution in [2.24, 2.45) is 5.92 Å². The molecule has 0 spiro atoms. The van der Waals surface area contributed by atoms with Gasteiger partial charge in [-0.15, -0.1) is 0 Å². The molecule has 3 aromatic rings. The van der Waals surface area contributed by atoms with Crippen molar-refractivity contribution in [2.75, 3.05) is 32.0 Å². The Morgan fingerprint density at radius 1 is 0.966 bits per heavy atom. The lowest BCUT2D eigenvalue weighted by molar-refractivity contribution is 0.162. The Balaban J connectivity index is 1.27. The van der Waals surface area contributed by atoms with Gasteiger partial charge in [0, 0.05) is 31.9 Å². The van der Waals surface area contributed by atoms with Crippen LogP contribution in [-0.4, -0.2) is 42.5 Å². The molecule has 0 aromatic heterocycles. The molecule has 1 fully saturated rings. The van der Waals surface area contributed by atoms with Gasteiger partial charge in [0.15, 0.2) is 0 Å². The van der Waals surface area contributed by atoms with Gasteiger partial charge < -0.3 is 15.1 Å². The van der Waals surface area contributed by atoms with E-state index < -0.39 is 0 Å². The molecule has 1 saturated heterocycles. The number of benzene rings is 3. The molecule has 2 amide bonds. The van der Waals surface area contributed by atoms with Crippen LogP contribution in [-0.2, 0) is 6.54 Å². The standard InChI is InChI=1S/C25H29N3O/c1-27(19-22-10-7-9-21-8-5-6-13-24(21)22)18-20-14-16-28(17-15-20)25(29)26-23-11-3-2-4-12-23/h2-13,20H,14-19H2,1H3,(H,26,29). The van der Waals surface area contributed by atoms with Crippen LogP contribution >= 0.6 is 0 Å². The van der Waals surface area contributed by atoms with Crippen LogP contribution in [0.5, 0.6) is 0 Å². The second-order valence-corrected chi connectivity index (χ2v) is 8.06. The van der Waals surface area contributed by atoms with Crippen LogP contribution in [0.25, 0.3) is 10.8 Å². The van der Waals surface area contributed by atoms with E-state index in [1.807, 2.05) is 35.2 Å². The summed E-state index contributed by atoms with van der Waals surface area (Å²) in [6.45, 7) is 3.67. The number of nitrogens with one attached hydrogen (secondary N) is 1. The lowest BCUT2D eigenvalue weighted by Gasteiger charge is -2.34. The molecule has 0 saturated carbocycles. The molecule has 0 aliphatic carbocycles. The van der Waals surface area contributed by atoms with Gasteiger partial charge in [0.05, 0.1) is 0 Å². The first-order valence-corrected chi connectivity index (χ1v) is 10.5. The van der Waals surface area contributed by atoms with Crippen molar-refractivity contribution in [3.8, 4) is 0 Å². The molecule has 4 heteroatoms. The van der Waals surface area contributed by atoms with E-state index in [0.717, 1.165) is 44.7 Å². The number of rotatable bonds is 5. The summed E-state index contributed by atoms with van der Waals surface area (Å²) in [6.07, 6.45) is 2.12. The Hall–Kier alpha value is -2.85. The van der Waals surface area contributed by atoms with E-state index in [9.17, 15) is 4.79 Å². The lowest BCUT2D eigenvalue weighted by atomic mass is 9.96. The number of hydrogen-bond acceptors (Lipinski definition) is 2. The van der Waals surface area contributed by atoms with Crippen LogP contribution in [0, 0.1) is 5.92 Å². The highest BCUT2D eigenvalue weighted by Gasteiger charge is 2.23. The maximum Gasteiger partial charge on any atom is 0.321 e. The number of carbonyl (C=O) groups excluding carboxylic acids is 1. The molecule has 1 N–H and O–H groups in total. The van der Waals surface area contributed by atoms with E-state index in [0.29, 0.717) is 5.92 Å². The highest BCUT2D eigenvalue weighted by molar-refractivity contribution is 5.89. The average Bonchev–Trinajstić information content (AvgIpc) is 2.75. The molecular formula is C25H29N3O. The number of fused-ring (bicyclic) bond motifs is 1. The van der Waals surface area contributed by atoms with Gasteiger partial charge in [0.1, 0.15) is 0 Å². The first-order valence-electron chi connectivity index (χ1n) is 10.5. The van der Waals surface area contributed by atoms with E-state index >= 15 is 0 Å². The Bertz CT molecular complexity index is 943. The molecule has 29 heavy (non-hydrogen) atoms. The minimum atomic E-state index is 0.0127. The van der Waals surface area contributed by atoms with Crippen LogP contribution in [0.3, 0.4) is 0 Å². The predicted molar refractivity (Wildman–Crippen MR) is 120 cm³/mol. The fourth-order valence-electron chi connectivity index (χ4n) is 4.27. The highest BCUT2D eigenvalue weighted by atomic mass is 16.2. The number of carbonyl (C=O) groups is 1. The third-order valence-corrected chi connectivity index (χ3v) is 5.82. The van der Waals surface area contributed by atoms with Gasteiger partial charge in [-0.2, -0.15) is 0 Å². The maximum atomic E-state index is 12.5. The monoisotopic (exact) mass is 387 g/mol. The number of likely N-dealkylation sites (tertiary alicyclic amines) is 1. The maximum absolute atomic E-state index is 12.5. The van der Waals surface area contributed by atoms with Crippen LogP contribution < -0.4 is 5.32 Å². The van der Waals surface area contributed by atoms with Gasteiger partial charge in [-0.05, 0) is 54.3 Å². The summed E-state index contributed by atoms with van der Waals surface area (Å²) in [5, 5.41) is 5.64. The number of urea groups is 1. The second-order valence-electron chi connectivity index (χ2n) is 8.06. The Kier molecular flexibility index (Phi) is 6.11. The number of hydrogen-bond donors (Lipinski definition) is 1. The van der Waals surface area contributed by atoms with E-state index in [1.54, 1.807) is 0 Å². The third-order valence-electron chi connectivity index (χ3n) is 5.82. The summed E-state index contributed by atoms with van der Waals surface area (Å²) >= 11 is 0. The molecule has 1 heterocycles. The number of amides is 2. The Morgan fingerprint density at radius 2 is 1.66 bits per heavy atom. The van der Waals surface area contributed by atoms with Gasteiger partial charge in [0.25, 0.3) is 0 Å². The summed E-state index contributed by atoms with van der Waals surface area (Å²) < 4.78 is 0. The fourth-order valence-corrected chi connectivity index (χ4v) is 4.27. The number of anilines is 1. The lowest BCUT2D eigenvalue weighted by Crippen LogP contribution is -2.43. The van der Waals surface area contributed by atoms with E-state index in [2.05, 4.69) is 59.7 Å². The van der Waals surface area contributed by atoms with Crippen molar-refractivity contribution < 1.29 is 4.79 Å².